The van der Waals surface area contributed by atoms with Crippen LogP contribution < -0.4 is 4.74 Å². The largest absolute Gasteiger partial charge is 0.492 e. The van der Waals surface area contributed by atoms with Gasteiger partial charge in [0.2, 0.25) is 0 Å². The summed E-state index contributed by atoms with van der Waals surface area (Å²) < 4.78 is 5.39. The lowest BCUT2D eigenvalue weighted by Crippen LogP contribution is -2.15. The summed E-state index contributed by atoms with van der Waals surface area (Å²) in [5.74, 6) is 0.693. The summed E-state index contributed by atoms with van der Waals surface area (Å²) in [4.78, 5) is 13.2. The lowest BCUT2D eigenvalue weighted by molar-refractivity contribution is 0.0933. The van der Waals surface area contributed by atoms with E-state index in [1.165, 1.54) is 0 Å². The quantitative estimate of drug-likeness (QED) is 0.813. The van der Waals surface area contributed by atoms with E-state index in [-0.39, 0.29) is 5.78 Å². The number of fused-ring (bicyclic) bond motifs is 1. The minimum Gasteiger partial charge on any atom is -0.492 e. The number of hydrogen-bond donors (Lipinski definition) is 0. The predicted molar refractivity (Wildman–Crippen MR) is 64.3 cm³/mol. The molecule has 6 heteroatoms. The smallest absolute Gasteiger partial charge is 0.170 e. The van der Waals surface area contributed by atoms with Crippen molar-refractivity contribution >= 4 is 49.1 Å². The van der Waals surface area contributed by atoms with Crippen LogP contribution in [0.5, 0.6) is 5.75 Å². The van der Waals surface area contributed by atoms with Crippen molar-refractivity contribution in [3.05, 3.63) is 17.7 Å². The van der Waals surface area contributed by atoms with E-state index in [0.717, 1.165) is 31.7 Å². The van der Waals surface area contributed by atoms with E-state index >= 15 is 0 Å². The van der Waals surface area contributed by atoms with Gasteiger partial charge in [-0.25, -0.2) is 0 Å². The zero-order valence-corrected chi connectivity index (χ0v) is 10.6. The highest BCUT2D eigenvalue weighted by atomic mass is 35.7. The average molecular weight is 281 g/mol. The molecule has 0 fully saturated rings. The Kier molecular flexibility index (Phi) is 3.72. The van der Waals surface area contributed by atoms with Crippen molar-refractivity contribution in [3.63, 3.8) is 0 Å². The van der Waals surface area contributed by atoms with Crippen molar-refractivity contribution in [2.24, 2.45) is 0 Å². The minimum atomic E-state index is 0.0920. The van der Waals surface area contributed by atoms with Gasteiger partial charge in [0.25, 0.3) is 0 Å². The van der Waals surface area contributed by atoms with Gasteiger partial charge in [-0.2, -0.15) is 0 Å². The molecular weight excluding hydrogens is 275 g/mol. The molecule has 1 aliphatic heterocycles. The Morgan fingerprint density at radius 3 is 2.53 bits per heavy atom. The van der Waals surface area contributed by atoms with Crippen LogP contribution in [0.2, 0.25) is 0 Å². The van der Waals surface area contributed by atoms with Crippen LogP contribution in [0.3, 0.4) is 0 Å². The molecule has 2 nitrogen and oxygen atoms in total. The van der Waals surface area contributed by atoms with Crippen LogP contribution in [0.25, 0.3) is 0 Å². The van der Waals surface area contributed by atoms with Gasteiger partial charge < -0.3 is 4.74 Å². The third kappa shape index (κ3) is 2.23. The second-order valence-electron chi connectivity index (χ2n) is 2.97. The SMILES string of the molecule is O=C1CCOc2cc(SCl)c(SCl)cc21. The number of carbonyl (C=O) groups excluding carboxylic acids is 1. The maximum Gasteiger partial charge on any atom is 0.170 e. The highest BCUT2D eigenvalue weighted by molar-refractivity contribution is 8.23. The third-order valence-electron chi connectivity index (χ3n) is 2.10. The van der Waals surface area contributed by atoms with Crippen molar-refractivity contribution < 1.29 is 9.53 Å². The second-order valence-corrected chi connectivity index (χ2v) is 5.09. The highest BCUT2D eigenvalue weighted by Crippen LogP contribution is 2.40. The standard InChI is InChI=1S/C9H6Cl2O2S2/c10-14-8-3-5-6(12)1-2-13-7(5)4-9(8)15-11/h3-4H,1-2H2. The number of rotatable bonds is 2. The Balaban J connectivity index is 2.53. The number of hydrogen-bond acceptors (Lipinski definition) is 4. The van der Waals surface area contributed by atoms with Gasteiger partial charge >= 0.3 is 0 Å². The number of Topliss-reactive ketones (excluding diaryl/α,β-unsaturated/α-hetero) is 1. The molecule has 80 valence electrons. The molecular formula is C9H6Cl2O2S2. The van der Waals surface area contributed by atoms with E-state index in [4.69, 9.17) is 26.1 Å². The first-order valence-corrected chi connectivity index (χ1v) is 7.46. The van der Waals surface area contributed by atoms with E-state index in [2.05, 4.69) is 0 Å². The zero-order chi connectivity index (χ0) is 10.8. The van der Waals surface area contributed by atoms with Crippen LogP contribution in [0, 0.1) is 0 Å². The van der Waals surface area contributed by atoms with Gasteiger partial charge in [0, 0.05) is 16.2 Å². The first kappa shape index (κ1) is 11.5. The molecule has 1 aromatic rings. The predicted octanol–water partition coefficient (Wildman–Crippen LogP) is 4.14. The Bertz CT molecular complexity index is 409. The third-order valence-corrected chi connectivity index (χ3v) is 4.23. The van der Waals surface area contributed by atoms with Gasteiger partial charge in [-0.1, -0.05) is 0 Å². The zero-order valence-electron chi connectivity index (χ0n) is 7.46. The molecule has 0 unspecified atom stereocenters. The molecule has 1 aromatic carbocycles. The number of carbonyl (C=O) groups is 1. The Hall–Kier alpha value is -0.0300. The number of ether oxygens (including phenoxy) is 1. The molecule has 0 aliphatic carbocycles. The first-order chi connectivity index (χ1) is 7.26. The van der Waals surface area contributed by atoms with E-state index in [1.807, 2.05) is 0 Å². The maximum absolute atomic E-state index is 11.6. The number of halogens is 2. The van der Waals surface area contributed by atoms with Crippen molar-refractivity contribution in [2.75, 3.05) is 6.61 Å². The molecule has 1 aliphatic rings. The molecule has 0 saturated heterocycles. The highest BCUT2D eigenvalue weighted by Gasteiger charge is 2.21. The fraction of sp³-hybridized carbons (Fsp3) is 0.222. The molecule has 0 radical (unpaired) electrons. The van der Waals surface area contributed by atoms with Gasteiger partial charge in [0.1, 0.15) is 5.75 Å². The van der Waals surface area contributed by atoms with Gasteiger partial charge in [-0.05, 0) is 55.4 Å². The van der Waals surface area contributed by atoms with Crippen molar-refractivity contribution in [3.8, 4) is 5.75 Å². The molecule has 2 rings (SSSR count). The van der Waals surface area contributed by atoms with Crippen molar-refractivity contribution in [1.29, 1.82) is 0 Å². The van der Waals surface area contributed by atoms with Crippen LogP contribution in [-0.4, -0.2) is 12.4 Å². The van der Waals surface area contributed by atoms with E-state index < -0.39 is 0 Å². The molecule has 15 heavy (non-hydrogen) atoms. The Morgan fingerprint density at radius 2 is 1.87 bits per heavy atom. The van der Waals surface area contributed by atoms with Crippen molar-refractivity contribution in [2.45, 2.75) is 16.2 Å². The van der Waals surface area contributed by atoms with E-state index in [1.54, 1.807) is 12.1 Å². The van der Waals surface area contributed by atoms with Gasteiger partial charge in [-0.3, -0.25) is 4.79 Å². The van der Waals surface area contributed by atoms with E-state index in [0.29, 0.717) is 24.3 Å². The molecule has 0 bridgehead atoms. The Labute approximate surface area is 105 Å². The molecule has 0 amide bonds. The van der Waals surface area contributed by atoms with E-state index in [9.17, 15) is 4.79 Å². The summed E-state index contributed by atoms with van der Waals surface area (Å²) in [6.45, 7) is 0.436. The fourth-order valence-electron chi connectivity index (χ4n) is 1.39. The monoisotopic (exact) mass is 280 g/mol. The Morgan fingerprint density at radius 1 is 1.20 bits per heavy atom. The summed E-state index contributed by atoms with van der Waals surface area (Å²) in [6, 6.07) is 3.49. The lowest BCUT2D eigenvalue weighted by atomic mass is 10.1. The molecule has 0 saturated carbocycles. The van der Waals surface area contributed by atoms with Crippen LogP contribution in [0.1, 0.15) is 16.8 Å². The molecule has 0 atom stereocenters. The van der Waals surface area contributed by atoms with Crippen LogP contribution in [0.4, 0.5) is 0 Å². The van der Waals surface area contributed by atoms with Crippen molar-refractivity contribution in [1.82, 2.24) is 0 Å². The topological polar surface area (TPSA) is 26.3 Å². The average Bonchev–Trinajstić information content (AvgIpc) is 2.28. The molecule has 0 aromatic heterocycles. The normalized spacial score (nSPS) is 14.7. The van der Waals surface area contributed by atoms with Gasteiger partial charge in [0.05, 0.1) is 12.2 Å². The minimum absolute atomic E-state index is 0.0920. The van der Waals surface area contributed by atoms with Crippen LogP contribution >= 0.6 is 43.3 Å². The summed E-state index contributed by atoms with van der Waals surface area (Å²) in [5.41, 5.74) is 0.596. The van der Waals surface area contributed by atoms with Crippen LogP contribution in [-0.2, 0) is 0 Å². The lowest BCUT2D eigenvalue weighted by Gasteiger charge is -2.17. The van der Waals surface area contributed by atoms with Gasteiger partial charge in [0.15, 0.2) is 5.78 Å². The van der Waals surface area contributed by atoms with Crippen LogP contribution in [0.15, 0.2) is 21.9 Å². The second kappa shape index (κ2) is 4.87. The number of benzene rings is 1. The van der Waals surface area contributed by atoms with Gasteiger partial charge in [-0.15, -0.1) is 0 Å². The maximum atomic E-state index is 11.6. The summed E-state index contributed by atoms with van der Waals surface area (Å²) >= 11 is 0. The summed E-state index contributed by atoms with van der Waals surface area (Å²) in [6.07, 6.45) is 0.423. The summed E-state index contributed by atoms with van der Waals surface area (Å²) in [7, 11) is 13.5. The first-order valence-electron chi connectivity index (χ1n) is 4.17. The fourth-order valence-corrected chi connectivity index (χ4v) is 3.26. The number of ketones is 1. The summed E-state index contributed by atoms with van der Waals surface area (Å²) in [5, 5.41) is 0. The molecule has 0 N–H and O–H groups in total. The molecule has 0 spiro atoms. The molecule has 1 heterocycles.